The molecule has 0 aromatic carbocycles. The molecule has 0 unspecified atom stereocenters. The van der Waals surface area contributed by atoms with Crippen LogP contribution in [0.1, 0.15) is 30.3 Å². The van der Waals surface area contributed by atoms with Crippen molar-refractivity contribution < 1.29 is 9.32 Å². The van der Waals surface area contributed by atoms with Gasteiger partial charge in [-0.3, -0.25) is 4.79 Å². The zero-order valence-electron chi connectivity index (χ0n) is 7.99. The Balaban J connectivity index is 2.48. The summed E-state index contributed by atoms with van der Waals surface area (Å²) in [6, 6.07) is 1.57. The highest BCUT2D eigenvalue weighted by Crippen LogP contribution is 2.01. The van der Waals surface area contributed by atoms with Crippen LogP contribution in [0.2, 0.25) is 0 Å². The molecule has 0 aliphatic rings. The van der Waals surface area contributed by atoms with Gasteiger partial charge in [-0.2, -0.15) is 0 Å². The number of unbranched alkanes of at least 4 members (excludes halogenated alkanes) is 1. The molecule has 0 aliphatic heterocycles. The van der Waals surface area contributed by atoms with Crippen molar-refractivity contribution >= 4 is 5.91 Å². The first-order chi connectivity index (χ1) is 6.25. The van der Waals surface area contributed by atoms with E-state index in [1.807, 2.05) is 0 Å². The molecule has 0 saturated heterocycles. The Hall–Kier alpha value is -1.32. The van der Waals surface area contributed by atoms with E-state index in [2.05, 4.69) is 16.6 Å². The van der Waals surface area contributed by atoms with Crippen molar-refractivity contribution in [3.63, 3.8) is 0 Å². The third-order valence-electron chi connectivity index (χ3n) is 1.85. The standard InChI is InChI=1S/C9H14N2O2/c1-3-4-6-11(2)9(12)8-5-7-13-10-8/h5,7H,3-4,6H2,1-2H3. The van der Waals surface area contributed by atoms with Crippen LogP contribution in [0.25, 0.3) is 0 Å². The van der Waals surface area contributed by atoms with Gasteiger partial charge in [0.05, 0.1) is 0 Å². The maximum Gasteiger partial charge on any atom is 0.275 e. The van der Waals surface area contributed by atoms with Crippen LogP contribution in [0.15, 0.2) is 16.9 Å². The average molecular weight is 182 g/mol. The Labute approximate surface area is 77.5 Å². The highest BCUT2D eigenvalue weighted by molar-refractivity contribution is 5.91. The molecule has 0 radical (unpaired) electrons. The van der Waals surface area contributed by atoms with Crippen molar-refractivity contribution in [3.8, 4) is 0 Å². The van der Waals surface area contributed by atoms with Crippen molar-refractivity contribution in [1.29, 1.82) is 0 Å². The van der Waals surface area contributed by atoms with Gasteiger partial charge in [0.25, 0.3) is 5.91 Å². The topological polar surface area (TPSA) is 46.3 Å². The van der Waals surface area contributed by atoms with Crippen molar-refractivity contribution in [3.05, 3.63) is 18.0 Å². The smallest absolute Gasteiger partial charge is 0.275 e. The molecular formula is C9H14N2O2. The number of carbonyl (C=O) groups excluding carboxylic acids is 1. The maximum atomic E-state index is 11.5. The van der Waals surface area contributed by atoms with Crippen LogP contribution in [-0.2, 0) is 0 Å². The van der Waals surface area contributed by atoms with Gasteiger partial charge in [0.1, 0.15) is 6.26 Å². The fourth-order valence-electron chi connectivity index (χ4n) is 1.02. The summed E-state index contributed by atoms with van der Waals surface area (Å²) in [5.74, 6) is -0.0813. The van der Waals surface area contributed by atoms with E-state index in [0.29, 0.717) is 5.69 Å². The predicted molar refractivity (Wildman–Crippen MR) is 48.4 cm³/mol. The Morgan fingerprint density at radius 3 is 3.00 bits per heavy atom. The number of carbonyl (C=O) groups is 1. The summed E-state index contributed by atoms with van der Waals surface area (Å²) in [4.78, 5) is 13.2. The molecule has 4 heteroatoms. The normalized spacial score (nSPS) is 10.0. The zero-order valence-corrected chi connectivity index (χ0v) is 7.99. The van der Waals surface area contributed by atoms with E-state index >= 15 is 0 Å². The lowest BCUT2D eigenvalue weighted by atomic mass is 10.3. The van der Waals surface area contributed by atoms with Gasteiger partial charge in [-0.25, -0.2) is 0 Å². The van der Waals surface area contributed by atoms with Crippen LogP contribution in [-0.4, -0.2) is 29.6 Å². The largest absolute Gasteiger partial charge is 0.364 e. The van der Waals surface area contributed by atoms with Crippen LogP contribution in [0, 0.1) is 0 Å². The molecule has 1 aromatic rings. The molecule has 1 rings (SSSR count). The summed E-state index contributed by atoms with van der Waals surface area (Å²) < 4.78 is 4.59. The Bertz CT molecular complexity index is 257. The summed E-state index contributed by atoms with van der Waals surface area (Å²) in [6.45, 7) is 2.86. The first-order valence-corrected chi connectivity index (χ1v) is 4.41. The lowest BCUT2D eigenvalue weighted by Crippen LogP contribution is -2.27. The number of amides is 1. The predicted octanol–water partition coefficient (Wildman–Crippen LogP) is 1.55. The summed E-state index contributed by atoms with van der Waals surface area (Å²) in [7, 11) is 1.77. The van der Waals surface area contributed by atoms with Gasteiger partial charge in [-0.05, 0) is 6.42 Å². The number of rotatable bonds is 4. The molecule has 1 aromatic heterocycles. The lowest BCUT2D eigenvalue weighted by molar-refractivity contribution is 0.0783. The highest BCUT2D eigenvalue weighted by Gasteiger charge is 2.13. The van der Waals surface area contributed by atoms with Gasteiger partial charge in [0, 0.05) is 19.7 Å². The van der Waals surface area contributed by atoms with E-state index in [-0.39, 0.29) is 5.91 Å². The Morgan fingerprint density at radius 2 is 2.46 bits per heavy atom. The van der Waals surface area contributed by atoms with Crippen molar-refractivity contribution in [2.45, 2.75) is 19.8 Å². The molecule has 1 heterocycles. The molecule has 0 aliphatic carbocycles. The van der Waals surface area contributed by atoms with Crippen LogP contribution < -0.4 is 0 Å². The van der Waals surface area contributed by atoms with E-state index in [9.17, 15) is 4.79 Å². The molecule has 13 heavy (non-hydrogen) atoms. The molecule has 0 N–H and O–H groups in total. The van der Waals surface area contributed by atoms with E-state index in [1.165, 1.54) is 6.26 Å². The fourth-order valence-corrected chi connectivity index (χ4v) is 1.02. The molecule has 0 bridgehead atoms. The van der Waals surface area contributed by atoms with Crippen molar-refractivity contribution in [2.75, 3.05) is 13.6 Å². The first kappa shape index (κ1) is 9.77. The number of hydrogen-bond acceptors (Lipinski definition) is 3. The summed E-state index contributed by atoms with van der Waals surface area (Å²) in [5, 5.41) is 3.58. The minimum atomic E-state index is -0.0813. The van der Waals surface area contributed by atoms with E-state index < -0.39 is 0 Å². The van der Waals surface area contributed by atoms with Crippen LogP contribution in [0.3, 0.4) is 0 Å². The third-order valence-corrected chi connectivity index (χ3v) is 1.85. The van der Waals surface area contributed by atoms with Gasteiger partial charge >= 0.3 is 0 Å². The maximum absolute atomic E-state index is 11.5. The van der Waals surface area contributed by atoms with Crippen molar-refractivity contribution in [2.24, 2.45) is 0 Å². The van der Waals surface area contributed by atoms with Gasteiger partial charge in [0.2, 0.25) is 0 Å². The van der Waals surface area contributed by atoms with Crippen molar-refractivity contribution in [1.82, 2.24) is 10.1 Å². The van der Waals surface area contributed by atoms with Gasteiger partial charge in [-0.1, -0.05) is 18.5 Å². The summed E-state index contributed by atoms with van der Waals surface area (Å²) >= 11 is 0. The van der Waals surface area contributed by atoms with Crippen LogP contribution in [0.4, 0.5) is 0 Å². The molecule has 0 atom stereocenters. The van der Waals surface area contributed by atoms with Gasteiger partial charge < -0.3 is 9.42 Å². The number of hydrogen-bond donors (Lipinski definition) is 0. The molecule has 4 nitrogen and oxygen atoms in total. The summed E-state index contributed by atoms with van der Waals surface area (Å²) in [6.07, 6.45) is 3.50. The molecular weight excluding hydrogens is 168 g/mol. The Morgan fingerprint density at radius 1 is 1.69 bits per heavy atom. The molecule has 0 saturated carbocycles. The van der Waals surface area contributed by atoms with Crippen LogP contribution >= 0.6 is 0 Å². The Kier molecular flexibility index (Phi) is 3.49. The number of nitrogens with zero attached hydrogens (tertiary/aromatic N) is 2. The quantitative estimate of drug-likeness (QED) is 0.709. The zero-order chi connectivity index (χ0) is 9.68. The monoisotopic (exact) mass is 182 g/mol. The minimum absolute atomic E-state index is 0.0813. The second-order valence-corrected chi connectivity index (χ2v) is 2.96. The molecule has 0 spiro atoms. The fraction of sp³-hybridized carbons (Fsp3) is 0.556. The molecule has 1 amide bonds. The highest BCUT2D eigenvalue weighted by atomic mass is 16.5. The number of aromatic nitrogens is 1. The lowest BCUT2D eigenvalue weighted by Gasteiger charge is -2.14. The van der Waals surface area contributed by atoms with E-state index in [0.717, 1.165) is 19.4 Å². The second kappa shape index (κ2) is 4.64. The second-order valence-electron chi connectivity index (χ2n) is 2.96. The average Bonchev–Trinajstić information content (AvgIpc) is 2.65. The molecule has 72 valence electrons. The van der Waals surface area contributed by atoms with E-state index in [4.69, 9.17) is 0 Å². The summed E-state index contributed by atoms with van der Waals surface area (Å²) in [5.41, 5.74) is 0.374. The van der Waals surface area contributed by atoms with Gasteiger partial charge in [-0.15, -0.1) is 0 Å². The van der Waals surface area contributed by atoms with Crippen LogP contribution in [0.5, 0.6) is 0 Å². The van der Waals surface area contributed by atoms with Gasteiger partial charge in [0.15, 0.2) is 5.69 Å². The SMILES string of the molecule is CCCCN(C)C(=O)c1ccon1. The van der Waals surface area contributed by atoms with E-state index in [1.54, 1.807) is 18.0 Å². The minimum Gasteiger partial charge on any atom is -0.364 e. The molecule has 0 fully saturated rings. The first-order valence-electron chi connectivity index (χ1n) is 4.41. The third kappa shape index (κ3) is 2.57.